The van der Waals surface area contributed by atoms with Crippen molar-refractivity contribution in [2.45, 2.75) is 38.4 Å². The average Bonchev–Trinajstić information content (AvgIpc) is 3.12. The Morgan fingerprint density at radius 3 is 2.53 bits per heavy atom. The summed E-state index contributed by atoms with van der Waals surface area (Å²) in [6.45, 7) is 4.03. The van der Waals surface area contributed by atoms with E-state index in [4.69, 9.17) is 0 Å². The highest BCUT2D eigenvalue weighted by Gasteiger charge is 2.39. The molecular weight excluding hydrogens is 234 g/mol. The molecule has 4 heteroatoms. The number of anilines is 1. The molecule has 1 aliphatic rings. The van der Waals surface area contributed by atoms with Gasteiger partial charge in [-0.15, -0.1) is 0 Å². The topological polar surface area (TPSA) is 37.4 Å². The van der Waals surface area contributed by atoms with Gasteiger partial charge in [0.15, 0.2) is 0 Å². The van der Waals surface area contributed by atoms with Crippen LogP contribution in [0.2, 0.25) is 0 Å². The van der Waals surface area contributed by atoms with E-state index in [9.17, 15) is 8.42 Å². The zero-order valence-electron chi connectivity index (χ0n) is 10.6. The molecular formula is C13H19NO2S. The molecule has 1 saturated carbocycles. The molecule has 0 spiro atoms. The first-order valence-electron chi connectivity index (χ1n) is 6.04. The van der Waals surface area contributed by atoms with Crippen molar-refractivity contribution in [3.8, 4) is 0 Å². The third-order valence-electron chi connectivity index (χ3n) is 3.29. The summed E-state index contributed by atoms with van der Waals surface area (Å²) >= 11 is 0. The molecule has 1 aliphatic carbocycles. The molecule has 0 bridgehead atoms. The van der Waals surface area contributed by atoms with Crippen LogP contribution in [0.1, 0.15) is 30.9 Å². The van der Waals surface area contributed by atoms with Crippen molar-refractivity contribution in [2.24, 2.45) is 0 Å². The van der Waals surface area contributed by atoms with Gasteiger partial charge in [-0.05, 0) is 43.4 Å². The highest BCUT2D eigenvalue weighted by atomic mass is 32.2. The SMILES string of the molecule is CCc1ccc(C)cc1N(C)S(=O)(=O)C1CC1. The fourth-order valence-electron chi connectivity index (χ4n) is 1.99. The van der Waals surface area contributed by atoms with Crippen LogP contribution in [0.5, 0.6) is 0 Å². The lowest BCUT2D eigenvalue weighted by Crippen LogP contribution is -2.30. The summed E-state index contributed by atoms with van der Waals surface area (Å²) in [5, 5.41) is -0.155. The third-order valence-corrected chi connectivity index (χ3v) is 5.56. The van der Waals surface area contributed by atoms with E-state index >= 15 is 0 Å². The Morgan fingerprint density at radius 2 is 2.00 bits per heavy atom. The molecule has 1 aromatic rings. The number of sulfonamides is 1. The Balaban J connectivity index is 2.42. The Morgan fingerprint density at radius 1 is 1.35 bits per heavy atom. The Labute approximate surface area is 104 Å². The maximum absolute atomic E-state index is 12.2. The summed E-state index contributed by atoms with van der Waals surface area (Å²) in [5.41, 5.74) is 3.01. The molecule has 17 heavy (non-hydrogen) atoms. The molecule has 2 rings (SSSR count). The monoisotopic (exact) mass is 253 g/mol. The lowest BCUT2D eigenvalue weighted by molar-refractivity contribution is 0.593. The summed E-state index contributed by atoms with van der Waals surface area (Å²) in [6.07, 6.45) is 2.46. The van der Waals surface area contributed by atoms with Crippen LogP contribution in [0, 0.1) is 6.92 Å². The van der Waals surface area contributed by atoms with Crippen LogP contribution in [0.25, 0.3) is 0 Å². The van der Waals surface area contributed by atoms with Gasteiger partial charge in [-0.2, -0.15) is 0 Å². The van der Waals surface area contributed by atoms with Crippen LogP contribution in [-0.2, 0) is 16.4 Å². The smallest absolute Gasteiger partial charge is 0.237 e. The molecule has 0 heterocycles. The van der Waals surface area contributed by atoms with Gasteiger partial charge in [-0.3, -0.25) is 4.31 Å². The molecule has 0 amide bonds. The van der Waals surface area contributed by atoms with Crippen molar-refractivity contribution >= 4 is 15.7 Å². The van der Waals surface area contributed by atoms with Crippen molar-refractivity contribution in [3.63, 3.8) is 0 Å². The van der Waals surface area contributed by atoms with Crippen molar-refractivity contribution < 1.29 is 8.42 Å². The summed E-state index contributed by atoms with van der Waals surface area (Å²) in [4.78, 5) is 0. The van der Waals surface area contributed by atoms with Gasteiger partial charge in [-0.1, -0.05) is 19.1 Å². The molecule has 3 nitrogen and oxygen atoms in total. The van der Waals surface area contributed by atoms with Gasteiger partial charge in [0, 0.05) is 7.05 Å². The van der Waals surface area contributed by atoms with E-state index in [0.717, 1.165) is 36.1 Å². The predicted octanol–water partition coefficient (Wildman–Crippen LogP) is 2.49. The molecule has 0 aliphatic heterocycles. The van der Waals surface area contributed by atoms with Gasteiger partial charge in [0.05, 0.1) is 10.9 Å². The van der Waals surface area contributed by atoms with Gasteiger partial charge in [0.25, 0.3) is 0 Å². The van der Waals surface area contributed by atoms with E-state index in [1.807, 2.05) is 32.0 Å². The van der Waals surface area contributed by atoms with Crippen LogP contribution in [0.3, 0.4) is 0 Å². The van der Waals surface area contributed by atoms with E-state index in [1.54, 1.807) is 7.05 Å². The van der Waals surface area contributed by atoms with Crippen LogP contribution in [0.15, 0.2) is 18.2 Å². The van der Waals surface area contributed by atoms with Crippen molar-refractivity contribution in [1.82, 2.24) is 0 Å². The Kier molecular flexibility index (Phi) is 3.17. The first kappa shape index (κ1) is 12.4. The van der Waals surface area contributed by atoms with E-state index in [-0.39, 0.29) is 5.25 Å². The minimum Gasteiger partial charge on any atom is -0.273 e. The quantitative estimate of drug-likeness (QED) is 0.826. The van der Waals surface area contributed by atoms with Crippen LogP contribution < -0.4 is 4.31 Å². The second-order valence-corrected chi connectivity index (χ2v) is 6.94. The summed E-state index contributed by atoms with van der Waals surface area (Å²) in [7, 11) is -1.47. The summed E-state index contributed by atoms with van der Waals surface area (Å²) in [5.74, 6) is 0. The van der Waals surface area contributed by atoms with Gasteiger partial charge in [0.2, 0.25) is 10.0 Å². The predicted molar refractivity (Wildman–Crippen MR) is 70.9 cm³/mol. The summed E-state index contributed by atoms with van der Waals surface area (Å²) < 4.78 is 25.9. The van der Waals surface area contributed by atoms with Gasteiger partial charge in [0.1, 0.15) is 0 Å². The van der Waals surface area contributed by atoms with E-state index in [2.05, 4.69) is 0 Å². The zero-order chi connectivity index (χ0) is 12.6. The highest BCUT2D eigenvalue weighted by molar-refractivity contribution is 7.93. The number of benzene rings is 1. The normalized spacial score (nSPS) is 15.9. The summed E-state index contributed by atoms with van der Waals surface area (Å²) in [6, 6.07) is 6.00. The first-order valence-corrected chi connectivity index (χ1v) is 7.54. The van der Waals surface area contributed by atoms with Crippen LogP contribution in [-0.4, -0.2) is 20.7 Å². The second kappa shape index (κ2) is 4.33. The highest BCUT2D eigenvalue weighted by Crippen LogP contribution is 2.34. The molecule has 0 unspecified atom stereocenters. The third kappa shape index (κ3) is 2.32. The maximum Gasteiger partial charge on any atom is 0.237 e. The molecule has 94 valence electrons. The molecule has 0 N–H and O–H groups in total. The number of hydrogen-bond donors (Lipinski definition) is 0. The zero-order valence-corrected chi connectivity index (χ0v) is 11.4. The van der Waals surface area contributed by atoms with Gasteiger partial charge in [-0.25, -0.2) is 8.42 Å². The molecule has 0 radical (unpaired) electrons. The maximum atomic E-state index is 12.2. The minimum atomic E-state index is -3.13. The lowest BCUT2D eigenvalue weighted by Gasteiger charge is -2.22. The minimum absolute atomic E-state index is 0.155. The van der Waals surface area contributed by atoms with Crippen LogP contribution in [0.4, 0.5) is 5.69 Å². The fraction of sp³-hybridized carbons (Fsp3) is 0.538. The molecule has 0 aromatic heterocycles. The Bertz CT molecular complexity index is 518. The van der Waals surface area contributed by atoms with Gasteiger partial charge < -0.3 is 0 Å². The van der Waals surface area contributed by atoms with Crippen molar-refractivity contribution in [1.29, 1.82) is 0 Å². The van der Waals surface area contributed by atoms with Crippen LogP contribution >= 0.6 is 0 Å². The standard InChI is InChI=1S/C13H19NO2S/c1-4-11-6-5-10(2)9-13(11)14(3)17(15,16)12-7-8-12/h5-6,9,12H,4,7-8H2,1-3H3. The first-order chi connectivity index (χ1) is 7.96. The van der Waals surface area contributed by atoms with Crippen molar-refractivity contribution in [3.05, 3.63) is 29.3 Å². The van der Waals surface area contributed by atoms with Crippen molar-refractivity contribution in [2.75, 3.05) is 11.4 Å². The molecule has 1 aromatic carbocycles. The number of nitrogens with zero attached hydrogens (tertiary/aromatic N) is 1. The lowest BCUT2D eigenvalue weighted by atomic mass is 10.1. The van der Waals surface area contributed by atoms with Gasteiger partial charge >= 0.3 is 0 Å². The number of hydrogen-bond acceptors (Lipinski definition) is 2. The van der Waals surface area contributed by atoms with E-state index < -0.39 is 10.0 Å². The largest absolute Gasteiger partial charge is 0.273 e. The number of aryl methyl sites for hydroxylation is 2. The Hall–Kier alpha value is -1.03. The molecule has 0 atom stereocenters. The molecule has 0 saturated heterocycles. The van der Waals surface area contributed by atoms with E-state index in [1.165, 1.54) is 4.31 Å². The number of rotatable bonds is 4. The second-order valence-electron chi connectivity index (χ2n) is 4.70. The average molecular weight is 253 g/mol. The van der Waals surface area contributed by atoms with E-state index in [0.29, 0.717) is 0 Å². The molecule has 1 fully saturated rings. The fourth-order valence-corrected chi connectivity index (χ4v) is 3.62.